The first-order chi connectivity index (χ1) is 6.31. The minimum atomic E-state index is 0. The van der Waals surface area contributed by atoms with E-state index in [0.717, 1.165) is 16.8 Å². The Balaban J connectivity index is 0.000000980. The molecule has 1 aromatic rings. The highest BCUT2D eigenvalue weighted by Gasteiger charge is 2.19. The number of rotatable bonds is 2. The molecule has 1 N–H and O–H groups in total. The van der Waals surface area contributed by atoms with E-state index in [1.165, 1.54) is 12.0 Å². The highest BCUT2D eigenvalue weighted by molar-refractivity contribution is 9.10. The standard InChI is InChI=1S/C10H12BrNO.ClH/c1-13-10-6-7(2-3-8(10)11)9-4-5-12-9;/h2-3,6,9,12H,4-5H2,1H3;1H. The van der Waals surface area contributed by atoms with Crippen LogP contribution < -0.4 is 10.1 Å². The van der Waals surface area contributed by atoms with Crippen LogP contribution in [0.25, 0.3) is 0 Å². The molecule has 1 atom stereocenters. The molecule has 2 nitrogen and oxygen atoms in total. The molecule has 1 unspecified atom stereocenters. The van der Waals surface area contributed by atoms with E-state index in [2.05, 4.69) is 33.4 Å². The monoisotopic (exact) mass is 277 g/mol. The van der Waals surface area contributed by atoms with Gasteiger partial charge in [-0.15, -0.1) is 12.4 Å². The fourth-order valence-electron chi connectivity index (χ4n) is 1.47. The molecule has 2 rings (SSSR count). The Morgan fingerprint density at radius 1 is 1.50 bits per heavy atom. The van der Waals surface area contributed by atoms with Gasteiger partial charge in [0.15, 0.2) is 0 Å². The van der Waals surface area contributed by atoms with Crippen molar-refractivity contribution in [1.29, 1.82) is 0 Å². The van der Waals surface area contributed by atoms with Crippen molar-refractivity contribution in [3.8, 4) is 5.75 Å². The summed E-state index contributed by atoms with van der Waals surface area (Å²) in [5.74, 6) is 0.909. The van der Waals surface area contributed by atoms with Crippen molar-refractivity contribution in [3.63, 3.8) is 0 Å². The van der Waals surface area contributed by atoms with E-state index in [4.69, 9.17) is 4.74 Å². The van der Waals surface area contributed by atoms with Crippen molar-refractivity contribution >= 4 is 28.3 Å². The lowest BCUT2D eigenvalue weighted by Gasteiger charge is -2.28. The van der Waals surface area contributed by atoms with Crippen LogP contribution in [0, 0.1) is 0 Å². The van der Waals surface area contributed by atoms with Gasteiger partial charge in [-0.1, -0.05) is 6.07 Å². The second-order valence-corrected chi connectivity index (χ2v) is 4.04. The Kier molecular flexibility index (Phi) is 4.23. The van der Waals surface area contributed by atoms with Gasteiger partial charge in [-0.3, -0.25) is 0 Å². The summed E-state index contributed by atoms with van der Waals surface area (Å²) >= 11 is 3.43. The van der Waals surface area contributed by atoms with Crippen molar-refractivity contribution in [2.45, 2.75) is 12.5 Å². The van der Waals surface area contributed by atoms with Gasteiger partial charge in [-0.25, -0.2) is 0 Å². The van der Waals surface area contributed by atoms with Gasteiger partial charge in [0, 0.05) is 6.04 Å². The lowest BCUT2D eigenvalue weighted by molar-refractivity contribution is 0.377. The van der Waals surface area contributed by atoms with E-state index in [9.17, 15) is 0 Å². The van der Waals surface area contributed by atoms with Crippen molar-refractivity contribution < 1.29 is 4.74 Å². The summed E-state index contributed by atoms with van der Waals surface area (Å²) in [4.78, 5) is 0. The smallest absolute Gasteiger partial charge is 0.133 e. The molecular formula is C10H13BrClNO. The molecule has 78 valence electrons. The van der Waals surface area contributed by atoms with Crippen LogP contribution >= 0.6 is 28.3 Å². The molecule has 14 heavy (non-hydrogen) atoms. The number of halogens is 2. The fraction of sp³-hybridized carbons (Fsp3) is 0.400. The summed E-state index contributed by atoms with van der Waals surface area (Å²) in [6.07, 6.45) is 1.23. The molecule has 1 fully saturated rings. The predicted octanol–water partition coefficient (Wildman–Crippen LogP) is 2.91. The fourth-order valence-corrected chi connectivity index (χ4v) is 1.87. The molecule has 1 heterocycles. The summed E-state index contributed by atoms with van der Waals surface area (Å²) in [6.45, 7) is 1.13. The van der Waals surface area contributed by atoms with Crippen LogP contribution in [0.1, 0.15) is 18.0 Å². The molecule has 1 aromatic carbocycles. The highest BCUT2D eigenvalue weighted by atomic mass is 79.9. The second-order valence-electron chi connectivity index (χ2n) is 3.19. The van der Waals surface area contributed by atoms with E-state index in [1.54, 1.807) is 7.11 Å². The molecule has 0 amide bonds. The average molecular weight is 279 g/mol. The number of hydrogen-bond donors (Lipinski definition) is 1. The zero-order chi connectivity index (χ0) is 9.26. The summed E-state index contributed by atoms with van der Waals surface area (Å²) in [6, 6.07) is 6.78. The van der Waals surface area contributed by atoms with Crippen LogP contribution in [-0.4, -0.2) is 13.7 Å². The molecule has 0 aliphatic carbocycles. The SMILES string of the molecule is COc1cc(C2CCN2)ccc1Br.Cl. The number of methoxy groups -OCH3 is 1. The van der Waals surface area contributed by atoms with Gasteiger partial charge in [-0.05, 0) is 46.6 Å². The average Bonchev–Trinajstić information content (AvgIpc) is 2.05. The third-order valence-electron chi connectivity index (χ3n) is 2.40. The maximum absolute atomic E-state index is 5.23. The summed E-state index contributed by atoms with van der Waals surface area (Å²) in [5, 5.41) is 3.36. The van der Waals surface area contributed by atoms with Gasteiger partial charge in [0.1, 0.15) is 5.75 Å². The maximum atomic E-state index is 5.23. The Morgan fingerprint density at radius 2 is 2.21 bits per heavy atom. The normalized spacial score (nSPS) is 19.4. The van der Waals surface area contributed by atoms with Crippen LogP contribution in [0.2, 0.25) is 0 Å². The molecule has 4 heteroatoms. The van der Waals surface area contributed by atoms with Crippen LogP contribution in [0.15, 0.2) is 22.7 Å². The lowest BCUT2D eigenvalue weighted by atomic mass is 9.98. The van der Waals surface area contributed by atoms with Gasteiger partial charge >= 0.3 is 0 Å². The Morgan fingerprint density at radius 3 is 2.71 bits per heavy atom. The van der Waals surface area contributed by atoms with Crippen molar-refractivity contribution in [1.82, 2.24) is 5.32 Å². The van der Waals surface area contributed by atoms with E-state index in [1.807, 2.05) is 6.07 Å². The molecule has 0 radical (unpaired) electrons. The molecule has 0 saturated carbocycles. The Bertz CT molecular complexity index is 315. The third-order valence-corrected chi connectivity index (χ3v) is 3.06. The number of ether oxygens (including phenoxy) is 1. The predicted molar refractivity (Wildman–Crippen MR) is 63.3 cm³/mol. The Labute approximate surface area is 98.6 Å². The Hall–Kier alpha value is -0.250. The first kappa shape index (κ1) is 11.8. The molecule has 1 saturated heterocycles. The van der Waals surface area contributed by atoms with Crippen LogP contribution in [0.4, 0.5) is 0 Å². The van der Waals surface area contributed by atoms with Crippen molar-refractivity contribution in [2.24, 2.45) is 0 Å². The minimum absolute atomic E-state index is 0. The summed E-state index contributed by atoms with van der Waals surface area (Å²) < 4.78 is 6.24. The van der Waals surface area contributed by atoms with Gasteiger partial charge < -0.3 is 10.1 Å². The van der Waals surface area contributed by atoms with E-state index < -0.39 is 0 Å². The minimum Gasteiger partial charge on any atom is -0.496 e. The first-order valence-corrected chi connectivity index (χ1v) is 5.17. The molecule has 0 bridgehead atoms. The molecule has 0 spiro atoms. The topological polar surface area (TPSA) is 21.3 Å². The summed E-state index contributed by atoms with van der Waals surface area (Å²) in [7, 11) is 1.69. The number of benzene rings is 1. The van der Waals surface area contributed by atoms with Crippen LogP contribution in [0.3, 0.4) is 0 Å². The highest BCUT2D eigenvalue weighted by Crippen LogP contribution is 2.31. The molecule has 0 aromatic heterocycles. The summed E-state index contributed by atoms with van der Waals surface area (Å²) in [5.41, 5.74) is 1.31. The molecule has 1 aliphatic rings. The largest absolute Gasteiger partial charge is 0.496 e. The first-order valence-electron chi connectivity index (χ1n) is 4.38. The van der Waals surface area contributed by atoms with Crippen LogP contribution in [-0.2, 0) is 0 Å². The van der Waals surface area contributed by atoms with E-state index in [0.29, 0.717) is 6.04 Å². The van der Waals surface area contributed by atoms with E-state index >= 15 is 0 Å². The molecular weight excluding hydrogens is 265 g/mol. The third kappa shape index (κ3) is 2.22. The van der Waals surface area contributed by atoms with Crippen molar-refractivity contribution in [2.75, 3.05) is 13.7 Å². The van der Waals surface area contributed by atoms with Gasteiger partial charge in [0.05, 0.1) is 11.6 Å². The lowest BCUT2D eigenvalue weighted by Crippen LogP contribution is -2.34. The zero-order valence-electron chi connectivity index (χ0n) is 7.92. The van der Waals surface area contributed by atoms with E-state index in [-0.39, 0.29) is 12.4 Å². The zero-order valence-corrected chi connectivity index (χ0v) is 10.3. The second kappa shape index (κ2) is 5.01. The van der Waals surface area contributed by atoms with Gasteiger partial charge in [0.25, 0.3) is 0 Å². The van der Waals surface area contributed by atoms with Gasteiger partial charge in [0.2, 0.25) is 0 Å². The quantitative estimate of drug-likeness (QED) is 0.898. The van der Waals surface area contributed by atoms with Crippen molar-refractivity contribution in [3.05, 3.63) is 28.2 Å². The van der Waals surface area contributed by atoms with Gasteiger partial charge in [-0.2, -0.15) is 0 Å². The van der Waals surface area contributed by atoms with Crippen LogP contribution in [0.5, 0.6) is 5.75 Å². The maximum Gasteiger partial charge on any atom is 0.133 e. The number of nitrogens with one attached hydrogen (secondary N) is 1. The number of hydrogen-bond acceptors (Lipinski definition) is 2. The molecule has 1 aliphatic heterocycles.